The van der Waals surface area contributed by atoms with Crippen LogP contribution in [-0.4, -0.2) is 53.7 Å². The summed E-state index contributed by atoms with van der Waals surface area (Å²) in [5.74, 6) is 0.925. The van der Waals surface area contributed by atoms with Gasteiger partial charge in [0.25, 0.3) is 0 Å². The van der Waals surface area contributed by atoms with Crippen molar-refractivity contribution >= 4 is 17.6 Å². The third-order valence-corrected chi connectivity index (χ3v) is 3.81. The van der Waals surface area contributed by atoms with E-state index in [0.717, 1.165) is 13.1 Å². The van der Waals surface area contributed by atoms with Crippen LogP contribution in [0.15, 0.2) is 28.8 Å². The zero-order valence-corrected chi connectivity index (χ0v) is 13.5. The Morgan fingerprint density at radius 1 is 1.33 bits per heavy atom. The zero-order chi connectivity index (χ0) is 17.1. The number of benzene rings is 1. The van der Waals surface area contributed by atoms with Crippen LogP contribution in [0.4, 0.5) is 5.69 Å². The number of nitrogens with one attached hydrogen (secondary N) is 1. The third-order valence-electron chi connectivity index (χ3n) is 3.81. The van der Waals surface area contributed by atoms with Gasteiger partial charge in [0.15, 0.2) is 5.82 Å². The van der Waals surface area contributed by atoms with Crippen molar-refractivity contribution < 1.29 is 18.8 Å². The number of esters is 1. The normalized spacial score (nSPS) is 14.9. The molecule has 1 N–H and O–H groups in total. The Balaban J connectivity index is 1.46. The predicted molar refractivity (Wildman–Crippen MR) is 84.6 cm³/mol. The summed E-state index contributed by atoms with van der Waals surface area (Å²) in [5, 5.41) is 6.57. The first-order valence-electron chi connectivity index (χ1n) is 7.56. The summed E-state index contributed by atoms with van der Waals surface area (Å²) >= 11 is 0. The van der Waals surface area contributed by atoms with Gasteiger partial charge in [0.05, 0.1) is 25.1 Å². The van der Waals surface area contributed by atoms with E-state index in [1.54, 1.807) is 31.2 Å². The summed E-state index contributed by atoms with van der Waals surface area (Å²) < 4.78 is 9.76. The first-order valence-corrected chi connectivity index (χ1v) is 7.56. The molecular formula is C16H18N4O4. The van der Waals surface area contributed by atoms with Gasteiger partial charge in [-0.1, -0.05) is 5.16 Å². The molecule has 0 aliphatic carbocycles. The molecule has 126 valence electrons. The van der Waals surface area contributed by atoms with E-state index in [1.807, 2.05) is 4.90 Å². The second-order valence-electron chi connectivity index (χ2n) is 5.69. The average molecular weight is 330 g/mol. The topological polar surface area (TPSA) is 97.6 Å². The minimum Gasteiger partial charge on any atom is -0.465 e. The Morgan fingerprint density at radius 3 is 2.62 bits per heavy atom. The van der Waals surface area contributed by atoms with Crippen molar-refractivity contribution in [2.24, 2.45) is 0 Å². The van der Waals surface area contributed by atoms with Crippen LogP contribution in [-0.2, 0) is 9.53 Å². The first-order chi connectivity index (χ1) is 11.5. The molecule has 0 unspecified atom stereocenters. The van der Waals surface area contributed by atoms with Crippen molar-refractivity contribution in [1.29, 1.82) is 0 Å². The van der Waals surface area contributed by atoms with E-state index >= 15 is 0 Å². The number of carbonyl (C=O) groups is 2. The highest BCUT2D eigenvalue weighted by Crippen LogP contribution is 2.25. The molecule has 1 aliphatic heterocycles. The lowest BCUT2D eigenvalue weighted by Gasteiger charge is -2.36. The third kappa shape index (κ3) is 3.60. The molecule has 0 saturated carbocycles. The SMILES string of the molecule is COC(=O)c1ccc(NC(=O)CN2CC(c3nc(C)no3)C2)cc1. The quantitative estimate of drug-likeness (QED) is 0.823. The van der Waals surface area contributed by atoms with Crippen molar-refractivity contribution in [2.75, 3.05) is 32.1 Å². The fourth-order valence-corrected chi connectivity index (χ4v) is 2.55. The minimum absolute atomic E-state index is 0.110. The fourth-order valence-electron chi connectivity index (χ4n) is 2.55. The lowest BCUT2D eigenvalue weighted by Crippen LogP contribution is -2.48. The van der Waals surface area contributed by atoms with Crippen molar-refractivity contribution in [3.8, 4) is 0 Å². The highest BCUT2D eigenvalue weighted by molar-refractivity contribution is 5.94. The second kappa shape index (κ2) is 6.79. The van der Waals surface area contributed by atoms with Gasteiger partial charge in [-0.25, -0.2) is 4.79 Å². The lowest BCUT2D eigenvalue weighted by molar-refractivity contribution is -0.118. The van der Waals surface area contributed by atoms with Crippen LogP contribution in [0.2, 0.25) is 0 Å². The zero-order valence-electron chi connectivity index (χ0n) is 13.5. The van der Waals surface area contributed by atoms with Crippen molar-refractivity contribution in [3.63, 3.8) is 0 Å². The van der Waals surface area contributed by atoms with E-state index in [0.29, 0.717) is 29.5 Å². The largest absolute Gasteiger partial charge is 0.465 e. The molecule has 0 radical (unpaired) electrons. The molecule has 1 saturated heterocycles. The minimum atomic E-state index is -0.407. The standard InChI is InChI=1S/C16H18N4O4/c1-10-17-15(24-19-10)12-7-20(8-12)9-14(21)18-13-5-3-11(4-6-13)16(22)23-2/h3-6,12H,7-9H2,1-2H3,(H,18,21). The van der Waals surface area contributed by atoms with Gasteiger partial charge in [-0.15, -0.1) is 0 Å². The molecular weight excluding hydrogens is 312 g/mol. The molecule has 2 aromatic rings. The summed E-state index contributed by atoms with van der Waals surface area (Å²) in [7, 11) is 1.33. The van der Waals surface area contributed by atoms with Crippen molar-refractivity contribution in [1.82, 2.24) is 15.0 Å². The number of anilines is 1. The highest BCUT2D eigenvalue weighted by atomic mass is 16.5. The molecule has 8 nitrogen and oxygen atoms in total. The molecule has 1 aromatic carbocycles. The molecule has 0 bridgehead atoms. The fraction of sp³-hybridized carbons (Fsp3) is 0.375. The van der Waals surface area contributed by atoms with Gasteiger partial charge in [0, 0.05) is 18.8 Å². The molecule has 1 aromatic heterocycles. The number of rotatable bonds is 5. The Hall–Kier alpha value is -2.74. The smallest absolute Gasteiger partial charge is 0.337 e. The summed E-state index contributed by atoms with van der Waals surface area (Å²) in [6, 6.07) is 6.56. The number of hydrogen-bond donors (Lipinski definition) is 1. The number of ether oxygens (including phenoxy) is 1. The number of hydrogen-bond acceptors (Lipinski definition) is 7. The van der Waals surface area contributed by atoms with E-state index in [1.165, 1.54) is 7.11 Å². The second-order valence-corrected chi connectivity index (χ2v) is 5.69. The van der Waals surface area contributed by atoms with E-state index in [2.05, 4.69) is 20.2 Å². The maximum atomic E-state index is 12.0. The predicted octanol–water partition coefficient (Wildman–Crippen LogP) is 1.20. The monoisotopic (exact) mass is 330 g/mol. The lowest BCUT2D eigenvalue weighted by atomic mass is 10.0. The van der Waals surface area contributed by atoms with Gasteiger partial charge in [-0.3, -0.25) is 9.69 Å². The van der Waals surface area contributed by atoms with E-state index in [9.17, 15) is 9.59 Å². The maximum absolute atomic E-state index is 12.0. The van der Waals surface area contributed by atoms with Crippen LogP contribution >= 0.6 is 0 Å². The summed E-state index contributed by atoms with van der Waals surface area (Å²) in [6.07, 6.45) is 0. The van der Waals surface area contributed by atoms with Crippen LogP contribution in [0.1, 0.15) is 28.0 Å². The first kappa shape index (κ1) is 16.1. The molecule has 24 heavy (non-hydrogen) atoms. The summed E-state index contributed by atoms with van der Waals surface area (Å²) in [5.41, 5.74) is 1.08. The van der Waals surface area contributed by atoms with Crippen LogP contribution in [0.5, 0.6) is 0 Å². The van der Waals surface area contributed by atoms with Crippen LogP contribution in [0, 0.1) is 6.92 Å². The molecule has 0 spiro atoms. The average Bonchev–Trinajstić information content (AvgIpc) is 2.96. The van der Waals surface area contributed by atoms with Gasteiger partial charge in [-0.05, 0) is 31.2 Å². The molecule has 0 atom stereocenters. The Morgan fingerprint density at radius 2 is 2.04 bits per heavy atom. The molecule has 1 fully saturated rings. The molecule has 1 aliphatic rings. The Labute approximate surface area is 138 Å². The maximum Gasteiger partial charge on any atom is 0.337 e. The van der Waals surface area contributed by atoms with Crippen molar-refractivity contribution in [3.05, 3.63) is 41.5 Å². The van der Waals surface area contributed by atoms with Gasteiger partial charge in [0.2, 0.25) is 11.8 Å². The van der Waals surface area contributed by atoms with Crippen molar-refractivity contribution in [2.45, 2.75) is 12.8 Å². The van der Waals surface area contributed by atoms with Gasteiger partial charge in [-0.2, -0.15) is 4.98 Å². The van der Waals surface area contributed by atoms with Crippen LogP contribution < -0.4 is 5.32 Å². The molecule has 8 heteroatoms. The van der Waals surface area contributed by atoms with Gasteiger partial charge in [0.1, 0.15) is 0 Å². The van der Waals surface area contributed by atoms with E-state index in [4.69, 9.17) is 4.52 Å². The number of nitrogens with zero attached hydrogens (tertiary/aromatic N) is 3. The Kier molecular flexibility index (Phi) is 4.57. The molecule has 2 heterocycles. The summed E-state index contributed by atoms with van der Waals surface area (Å²) in [6.45, 7) is 3.51. The number of methoxy groups -OCH3 is 1. The van der Waals surface area contributed by atoms with E-state index < -0.39 is 5.97 Å². The number of likely N-dealkylation sites (tertiary alicyclic amines) is 1. The van der Waals surface area contributed by atoms with Gasteiger partial charge < -0.3 is 14.6 Å². The Bertz CT molecular complexity index is 735. The van der Waals surface area contributed by atoms with Crippen LogP contribution in [0.3, 0.4) is 0 Å². The molecule has 1 amide bonds. The summed E-state index contributed by atoms with van der Waals surface area (Å²) in [4.78, 5) is 29.6. The van der Waals surface area contributed by atoms with E-state index in [-0.39, 0.29) is 11.8 Å². The number of carbonyl (C=O) groups excluding carboxylic acids is 2. The number of aromatic nitrogens is 2. The van der Waals surface area contributed by atoms with Crippen LogP contribution in [0.25, 0.3) is 0 Å². The number of amides is 1. The molecule has 3 rings (SSSR count). The number of aryl methyl sites for hydroxylation is 1. The van der Waals surface area contributed by atoms with Gasteiger partial charge >= 0.3 is 5.97 Å². The highest BCUT2D eigenvalue weighted by Gasteiger charge is 2.33.